The lowest BCUT2D eigenvalue weighted by Gasteiger charge is -2.09. The Morgan fingerprint density at radius 1 is 1.56 bits per heavy atom. The zero-order valence-corrected chi connectivity index (χ0v) is 11.7. The Morgan fingerprint density at radius 2 is 2.28 bits per heavy atom. The lowest BCUT2D eigenvalue weighted by molar-refractivity contribution is -0.112. The van der Waals surface area contributed by atoms with Crippen molar-refractivity contribution in [1.29, 1.82) is 0 Å². The van der Waals surface area contributed by atoms with E-state index < -0.39 is 0 Å². The minimum Gasteiger partial charge on any atom is -0.507 e. The molecule has 0 atom stereocenters. The molecule has 1 aromatic rings. The molecule has 0 radical (unpaired) electrons. The summed E-state index contributed by atoms with van der Waals surface area (Å²) in [6.45, 7) is 2.11. The summed E-state index contributed by atoms with van der Waals surface area (Å²) in [4.78, 5) is 10.9. The third-order valence-electron chi connectivity index (χ3n) is 2.74. The number of ether oxygens (including phenoxy) is 1. The first-order valence-corrected chi connectivity index (χ1v) is 6.69. The Kier molecular flexibility index (Phi) is 4.07. The summed E-state index contributed by atoms with van der Waals surface area (Å²) < 4.78 is 6.54. The van der Waals surface area contributed by atoms with Crippen LogP contribution < -0.4 is 4.74 Å². The lowest BCUT2D eigenvalue weighted by Crippen LogP contribution is -2.00. The van der Waals surface area contributed by atoms with E-state index >= 15 is 0 Å². The molecule has 4 heteroatoms. The van der Waals surface area contributed by atoms with Gasteiger partial charge in [0.15, 0.2) is 5.78 Å². The summed E-state index contributed by atoms with van der Waals surface area (Å²) in [7, 11) is 0. The second kappa shape index (κ2) is 5.57. The molecule has 1 aliphatic rings. The van der Waals surface area contributed by atoms with Crippen LogP contribution in [-0.4, -0.2) is 17.5 Å². The van der Waals surface area contributed by atoms with E-state index in [9.17, 15) is 9.90 Å². The van der Waals surface area contributed by atoms with E-state index in [0.29, 0.717) is 23.8 Å². The number of hydrogen-bond acceptors (Lipinski definition) is 3. The van der Waals surface area contributed by atoms with E-state index in [-0.39, 0.29) is 11.5 Å². The van der Waals surface area contributed by atoms with Gasteiger partial charge in [0.25, 0.3) is 0 Å². The van der Waals surface area contributed by atoms with Gasteiger partial charge in [0, 0.05) is 11.6 Å². The highest BCUT2D eigenvalue weighted by atomic mass is 79.9. The number of aliphatic hydroxyl groups excluding tert-OH is 1. The summed E-state index contributed by atoms with van der Waals surface area (Å²) >= 11 is 3.41. The van der Waals surface area contributed by atoms with Gasteiger partial charge in [0.1, 0.15) is 11.5 Å². The van der Waals surface area contributed by atoms with Crippen molar-refractivity contribution in [3.05, 3.63) is 34.3 Å². The standard InChI is InChI=1S/C14H15BrO3/c1-9(16)6-13(17)11-4-5-12(15)14(7-11)18-8-10-2-3-10/h4-7,10,17H,2-3,8H2,1H3. The minimum atomic E-state index is -0.184. The van der Waals surface area contributed by atoms with Crippen molar-refractivity contribution in [3.63, 3.8) is 0 Å². The predicted molar refractivity (Wildman–Crippen MR) is 73.6 cm³/mol. The van der Waals surface area contributed by atoms with Crippen LogP contribution in [0.2, 0.25) is 0 Å². The Balaban J connectivity index is 2.16. The van der Waals surface area contributed by atoms with Crippen molar-refractivity contribution in [1.82, 2.24) is 0 Å². The predicted octanol–water partition coefficient (Wildman–Crippen LogP) is 3.73. The molecule has 3 nitrogen and oxygen atoms in total. The maximum absolute atomic E-state index is 10.9. The van der Waals surface area contributed by atoms with Crippen molar-refractivity contribution in [2.45, 2.75) is 19.8 Å². The molecule has 1 saturated carbocycles. The number of allylic oxidation sites excluding steroid dienone is 1. The third-order valence-corrected chi connectivity index (χ3v) is 3.39. The Hall–Kier alpha value is -1.29. The zero-order chi connectivity index (χ0) is 13.1. The van der Waals surface area contributed by atoms with Gasteiger partial charge < -0.3 is 9.84 Å². The van der Waals surface area contributed by atoms with Crippen LogP contribution in [0.4, 0.5) is 0 Å². The van der Waals surface area contributed by atoms with Crippen LogP contribution in [0.25, 0.3) is 5.76 Å². The van der Waals surface area contributed by atoms with E-state index in [1.807, 2.05) is 6.07 Å². The molecule has 1 aliphatic carbocycles. The highest BCUT2D eigenvalue weighted by molar-refractivity contribution is 9.10. The van der Waals surface area contributed by atoms with Gasteiger partial charge in [-0.05, 0) is 59.8 Å². The Bertz CT molecular complexity index is 490. The van der Waals surface area contributed by atoms with Crippen LogP contribution in [0, 0.1) is 5.92 Å². The fourth-order valence-corrected chi connectivity index (χ4v) is 1.90. The molecule has 0 aliphatic heterocycles. The number of carbonyl (C=O) groups is 1. The first-order valence-electron chi connectivity index (χ1n) is 5.90. The average molecular weight is 311 g/mol. The van der Waals surface area contributed by atoms with Gasteiger partial charge in [-0.25, -0.2) is 0 Å². The van der Waals surface area contributed by atoms with E-state index in [4.69, 9.17) is 4.74 Å². The van der Waals surface area contributed by atoms with Crippen molar-refractivity contribution in [3.8, 4) is 5.75 Å². The maximum atomic E-state index is 10.9. The summed E-state index contributed by atoms with van der Waals surface area (Å²) in [5, 5.41) is 9.77. The van der Waals surface area contributed by atoms with Crippen LogP contribution in [-0.2, 0) is 4.79 Å². The molecule has 0 heterocycles. The molecule has 1 fully saturated rings. The zero-order valence-electron chi connectivity index (χ0n) is 10.1. The molecule has 0 saturated heterocycles. The molecule has 1 N–H and O–H groups in total. The smallest absolute Gasteiger partial charge is 0.156 e. The van der Waals surface area contributed by atoms with E-state index in [2.05, 4.69) is 15.9 Å². The van der Waals surface area contributed by atoms with Gasteiger partial charge in [0.2, 0.25) is 0 Å². The van der Waals surface area contributed by atoms with Gasteiger partial charge >= 0.3 is 0 Å². The molecular weight excluding hydrogens is 296 g/mol. The third kappa shape index (κ3) is 3.60. The van der Waals surface area contributed by atoms with Crippen LogP contribution in [0.3, 0.4) is 0 Å². The van der Waals surface area contributed by atoms with Crippen LogP contribution in [0.15, 0.2) is 28.7 Å². The van der Waals surface area contributed by atoms with Crippen molar-refractivity contribution >= 4 is 27.5 Å². The van der Waals surface area contributed by atoms with E-state index in [0.717, 1.165) is 4.47 Å². The van der Waals surface area contributed by atoms with Crippen LogP contribution >= 0.6 is 15.9 Å². The largest absolute Gasteiger partial charge is 0.507 e. The van der Waals surface area contributed by atoms with Gasteiger partial charge in [0.05, 0.1) is 11.1 Å². The molecule has 2 rings (SSSR count). The van der Waals surface area contributed by atoms with Gasteiger partial charge in [-0.15, -0.1) is 0 Å². The minimum absolute atomic E-state index is 0.0359. The number of ketones is 1. The van der Waals surface area contributed by atoms with Crippen molar-refractivity contribution in [2.24, 2.45) is 5.92 Å². The number of carbonyl (C=O) groups excluding carboxylic acids is 1. The fourth-order valence-electron chi connectivity index (χ4n) is 1.54. The van der Waals surface area contributed by atoms with Crippen molar-refractivity contribution < 1.29 is 14.6 Å². The number of rotatable bonds is 5. The van der Waals surface area contributed by atoms with Crippen molar-refractivity contribution in [2.75, 3.05) is 6.61 Å². The van der Waals surface area contributed by atoms with E-state index in [1.165, 1.54) is 25.8 Å². The molecule has 0 bridgehead atoms. The average Bonchev–Trinajstić information content (AvgIpc) is 3.10. The molecule has 0 spiro atoms. The molecule has 1 aromatic carbocycles. The Labute approximate surface area is 115 Å². The summed E-state index contributed by atoms with van der Waals surface area (Å²) in [5.41, 5.74) is 0.583. The van der Waals surface area contributed by atoms with E-state index in [1.54, 1.807) is 12.1 Å². The normalized spacial score (nSPS) is 15.6. The lowest BCUT2D eigenvalue weighted by atomic mass is 10.1. The maximum Gasteiger partial charge on any atom is 0.156 e. The number of hydrogen-bond donors (Lipinski definition) is 1. The van der Waals surface area contributed by atoms with Gasteiger partial charge in [-0.1, -0.05) is 0 Å². The first-order chi connectivity index (χ1) is 8.56. The molecule has 18 heavy (non-hydrogen) atoms. The number of benzene rings is 1. The van der Waals surface area contributed by atoms with Gasteiger partial charge in [-0.2, -0.15) is 0 Å². The number of halogens is 1. The highest BCUT2D eigenvalue weighted by Crippen LogP contribution is 2.33. The molecule has 0 aromatic heterocycles. The molecule has 96 valence electrons. The summed E-state index contributed by atoms with van der Waals surface area (Å²) in [6, 6.07) is 5.28. The topological polar surface area (TPSA) is 46.5 Å². The number of aliphatic hydroxyl groups is 1. The highest BCUT2D eigenvalue weighted by Gasteiger charge is 2.22. The SMILES string of the molecule is CC(=O)C=C(O)c1ccc(Br)c(OCC2CC2)c1. The van der Waals surface area contributed by atoms with Crippen LogP contribution in [0.1, 0.15) is 25.3 Å². The second-order valence-corrected chi connectivity index (χ2v) is 5.39. The quantitative estimate of drug-likeness (QED) is 0.666. The van der Waals surface area contributed by atoms with Gasteiger partial charge in [-0.3, -0.25) is 4.79 Å². The molecular formula is C14H15BrO3. The monoisotopic (exact) mass is 310 g/mol. The Morgan fingerprint density at radius 3 is 2.89 bits per heavy atom. The summed E-state index contributed by atoms with van der Waals surface area (Å²) in [6.07, 6.45) is 3.66. The fraction of sp³-hybridized carbons (Fsp3) is 0.357. The molecule has 0 unspecified atom stereocenters. The molecule has 0 amide bonds. The van der Waals surface area contributed by atoms with Crippen LogP contribution in [0.5, 0.6) is 5.75 Å². The second-order valence-electron chi connectivity index (χ2n) is 4.54. The first kappa shape index (κ1) is 13.1. The summed E-state index contributed by atoms with van der Waals surface area (Å²) in [5.74, 6) is 1.15.